The molecule has 0 saturated heterocycles. The minimum Gasteiger partial charge on any atom is -0.451 e. The van der Waals surface area contributed by atoms with Crippen LogP contribution in [0.15, 0.2) is 24.3 Å². The number of rotatable bonds is 5. The third kappa shape index (κ3) is 3.79. The highest BCUT2D eigenvalue weighted by Crippen LogP contribution is 2.25. The molecule has 2 aliphatic rings. The molecule has 1 saturated carbocycles. The summed E-state index contributed by atoms with van der Waals surface area (Å²) in [5.41, 5.74) is 0.536. The number of esters is 1. The topological polar surface area (TPSA) is 92.8 Å². The van der Waals surface area contributed by atoms with Gasteiger partial charge in [0.2, 0.25) is 0 Å². The summed E-state index contributed by atoms with van der Waals surface area (Å²) in [6, 6.07) is 5.39. The van der Waals surface area contributed by atoms with E-state index < -0.39 is 29.9 Å². The van der Waals surface area contributed by atoms with Crippen LogP contribution in [0.25, 0.3) is 0 Å². The van der Waals surface area contributed by atoms with Gasteiger partial charge in [0.25, 0.3) is 17.7 Å². The number of ether oxygens (including phenoxy) is 1. The lowest BCUT2D eigenvalue weighted by Gasteiger charge is -2.30. The number of nitrogens with one attached hydrogen (secondary N) is 1. The van der Waals surface area contributed by atoms with Crippen molar-refractivity contribution in [2.45, 2.75) is 64.6 Å². The van der Waals surface area contributed by atoms with Gasteiger partial charge in [0, 0.05) is 6.04 Å². The molecule has 1 aliphatic carbocycles. The second-order valence-electron chi connectivity index (χ2n) is 7.66. The molecule has 7 nitrogen and oxygen atoms in total. The van der Waals surface area contributed by atoms with Crippen LogP contribution in [-0.2, 0) is 14.3 Å². The number of nitrogens with zero attached hydrogens (tertiary/aromatic N) is 1. The first-order chi connectivity index (χ1) is 13.3. The standard InChI is InChI=1S/C21H26N2O5/c1-12-8-4-7-11-17(12)22-18(24)14(3)28-21(27)13(2)23-19(25)15-9-5-6-10-16(15)20(23)26/h5-6,9-10,12-14,17H,4,7-8,11H2,1-3H3,(H,22,24)/t12-,13+,14+,17-/m0/s1. The van der Waals surface area contributed by atoms with Crippen molar-refractivity contribution in [2.24, 2.45) is 5.92 Å². The predicted octanol–water partition coefficient (Wildman–Crippen LogP) is 2.30. The molecule has 1 heterocycles. The number of carbonyl (C=O) groups is 4. The molecule has 1 N–H and O–H groups in total. The first-order valence-corrected chi connectivity index (χ1v) is 9.79. The van der Waals surface area contributed by atoms with Crippen LogP contribution in [-0.4, -0.2) is 46.8 Å². The Kier molecular flexibility index (Phi) is 5.82. The minimum absolute atomic E-state index is 0.0797. The number of hydrogen-bond donors (Lipinski definition) is 1. The highest BCUT2D eigenvalue weighted by atomic mass is 16.5. The van der Waals surface area contributed by atoms with Crippen molar-refractivity contribution in [3.05, 3.63) is 35.4 Å². The molecule has 0 bridgehead atoms. The van der Waals surface area contributed by atoms with Crippen molar-refractivity contribution in [3.8, 4) is 0 Å². The third-order valence-electron chi connectivity index (χ3n) is 5.66. The molecule has 150 valence electrons. The van der Waals surface area contributed by atoms with Crippen LogP contribution in [0.1, 0.15) is 67.2 Å². The molecule has 3 amide bonds. The fourth-order valence-electron chi connectivity index (χ4n) is 3.82. The maximum absolute atomic E-state index is 12.5. The molecule has 3 rings (SSSR count). The zero-order chi connectivity index (χ0) is 20.4. The van der Waals surface area contributed by atoms with Crippen LogP contribution in [0, 0.1) is 5.92 Å². The molecule has 0 unspecified atom stereocenters. The number of amides is 3. The fourth-order valence-corrected chi connectivity index (χ4v) is 3.82. The van der Waals surface area contributed by atoms with Gasteiger partial charge in [0.1, 0.15) is 6.04 Å². The maximum atomic E-state index is 12.5. The van der Waals surface area contributed by atoms with E-state index >= 15 is 0 Å². The lowest BCUT2D eigenvalue weighted by Crippen LogP contribution is -2.48. The van der Waals surface area contributed by atoms with Crippen LogP contribution in [0.4, 0.5) is 0 Å². The Morgan fingerprint density at radius 2 is 1.64 bits per heavy atom. The second-order valence-corrected chi connectivity index (χ2v) is 7.66. The minimum atomic E-state index is -1.11. The summed E-state index contributed by atoms with van der Waals surface area (Å²) in [6.45, 7) is 5.03. The Bertz CT molecular complexity index is 771. The number of imide groups is 1. The van der Waals surface area contributed by atoms with E-state index in [1.165, 1.54) is 13.8 Å². The van der Waals surface area contributed by atoms with Crippen molar-refractivity contribution < 1.29 is 23.9 Å². The quantitative estimate of drug-likeness (QED) is 0.619. The first-order valence-electron chi connectivity index (χ1n) is 9.79. The highest BCUT2D eigenvalue weighted by Gasteiger charge is 2.41. The molecule has 1 aliphatic heterocycles. The van der Waals surface area contributed by atoms with Crippen LogP contribution in [0.2, 0.25) is 0 Å². The van der Waals surface area contributed by atoms with Gasteiger partial charge in [-0.05, 0) is 44.7 Å². The van der Waals surface area contributed by atoms with Gasteiger partial charge in [0.15, 0.2) is 6.10 Å². The van der Waals surface area contributed by atoms with Crippen molar-refractivity contribution in [1.82, 2.24) is 10.2 Å². The molecule has 28 heavy (non-hydrogen) atoms. The van der Waals surface area contributed by atoms with Gasteiger partial charge in [0.05, 0.1) is 11.1 Å². The summed E-state index contributed by atoms with van der Waals surface area (Å²) in [6.07, 6.45) is 3.21. The molecule has 0 aromatic heterocycles. The molecule has 1 aromatic rings. The Morgan fingerprint density at radius 3 is 2.21 bits per heavy atom. The number of benzene rings is 1. The summed E-state index contributed by atoms with van der Waals surface area (Å²) in [7, 11) is 0. The van der Waals surface area contributed by atoms with Crippen molar-refractivity contribution in [2.75, 3.05) is 0 Å². The van der Waals surface area contributed by atoms with E-state index in [0.29, 0.717) is 5.92 Å². The summed E-state index contributed by atoms with van der Waals surface area (Å²) in [4.78, 5) is 50.8. The van der Waals surface area contributed by atoms with E-state index in [0.717, 1.165) is 30.6 Å². The lowest BCUT2D eigenvalue weighted by molar-refractivity contribution is -0.158. The highest BCUT2D eigenvalue weighted by molar-refractivity contribution is 6.22. The number of hydrogen-bond acceptors (Lipinski definition) is 5. The van der Waals surface area contributed by atoms with E-state index in [9.17, 15) is 19.2 Å². The van der Waals surface area contributed by atoms with Crippen LogP contribution < -0.4 is 5.32 Å². The summed E-state index contributed by atoms with van der Waals surface area (Å²) < 4.78 is 5.26. The van der Waals surface area contributed by atoms with E-state index in [1.54, 1.807) is 24.3 Å². The predicted molar refractivity (Wildman–Crippen MR) is 102 cm³/mol. The average molecular weight is 386 g/mol. The molecule has 0 radical (unpaired) electrons. The largest absolute Gasteiger partial charge is 0.451 e. The Balaban J connectivity index is 1.60. The van der Waals surface area contributed by atoms with Crippen molar-refractivity contribution in [3.63, 3.8) is 0 Å². The van der Waals surface area contributed by atoms with Crippen LogP contribution in [0.3, 0.4) is 0 Å². The van der Waals surface area contributed by atoms with Gasteiger partial charge in [-0.15, -0.1) is 0 Å². The lowest BCUT2D eigenvalue weighted by atomic mass is 9.86. The monoisotopic (exact) mass is 386 g/mol. The molecule has 4 atom stereocenters. The van der Waals surface area contributed by atoms with Gasteiger partial charge >= 0.3 is 5.97 Å². The number of fused-ring (bicyclic) bond motifs is 1. The Hall–Kier alpha value is -2.70. The van der Waals surface area contributed by atoms with Crippen LogP contribution >= 0.6 is 0 Å². The van der Waals surface area contributed by atoms with Crippen molar-refractivity contribution >= 4 is 23.7 Å². The zero-order valence-corrected chi connectivity index (χ0v) is 16.4. The average Bonchev–Trinajstić information content (AvgIpc) is 2.93. The molecule has 1 aromatic carbocycles. The zero-order valence-electron chi connectivity index (χ0n) is 16.4. The van der Waals surface area contributed by atoms with E-state index in [4.69, 9.17) is 4.74 Å². The van der Waals surface area contributed by atoms with E-state index in [1.807, 2.05) is 0 Å². The SMILES string of the molecule is C[C@H](C(=O)O[C@H](C)C(=O)N[C@H]1CCCC[C@@H]1C)N1C(=O)c2ccccc2C1=O. The molecular weight excluding hydrogens is 360 g/mol. The molecule has 7 heteroatoms. The van der Waals surface area contributed by atoms with Crippen molar-refractivity contribution in [1.29, 1.82) is 0 Å². The van der Waals surface area contributed by atoms with E-state index in [-0.39, 0.29) is 23.1 Å². The Morgan fingerprint density at radius 1 is 1.07 bits per heavy atom. The van der Waals surface area contributed by atoms with Gasteiger partial charge in [-0.1, -0.05) is 31.9 Å². The second kappa shape index (κ2) is 8.12. The van der Waals surface area contributed by atoms with Gasteiger partial charge in [-0.2, -0.15) is 0 Å². The molecule has 1 fully saturated rings. The smallest absolute Gasteiger partial charge is 0.329 e. The number of carbonyl (C=O) groups excluding carboxylic acids is 4. The summed E-state index contributed by atoms with van der Waals surface area (Å²) >= 11 is 0. The van der Waals surface area contributed by atoms with Gasteiger partial charge < -0.3 is 10.1 Å². The molecule has 0 spiro atoms. The normalized spacial score (nSPS) is 23.8. The Labute approximate surface area is 164 Å². The summed E-state index contributed by atoms with van der Waals surface area (Å²) in [5, 5.41) is 2.95. The molecular formula is C21H26N2O5. The van der Waals surface area contributed by atoms with Gasteiger partial charge in [-0.25, -0.2) is 4.79 Å². The summed E-state index contributed by atoms with van der Waals surface area (Å²) in [5.74, 6) is -1.82. The van der Waals surface area contributed by atoms with E-state index in [2.05, 4.69) is 12.2 Å². The fraction of sp³-hybridized carbons (Fsp3) is 0.524. The van der Waals surface area contributed by atoms with Gasteiger partial charge in [-0.3, -0.25) is 19.3 Å². The van der Waals surface area contributed by atoms with Crippen LogP contribution in [0.5, 0.6) is 0 Å². The maximum Gasteiger partial charge on any atom is 0.329 e. The third-order valence-corrected chi connectivity index (χ3v) is 5.66. The first kappa shape index (κ1) is 20.0.